The van der Waals surface area contributed by atoms with Gasteiger partial charge in [-0.3, -0.25) is 9.59 Å². The number of carboxylic acids is 1. The van der Waals surface area contributed by atoms with Crippen LogP contribution in [0, 0.1) is 26.6 Å². The molecule has 1 aliphatic heterocycles. The first-order valence-corrected chi connectivity index (χ1v) is 14.7. The predicted molar refractivity (Wildman–Crippen MR) is 166 cm³/mol. The first-order chi connectivity index (χ1) is 19.6. The van der Waals surface area contributed by atoms with E-state index in [1.165, 1.54) is 19.1 Å². The van der Waals surface area contributed by atoms with Gasteiger partial charge in [0, 0.05) is 24.4 Å². The summed E-state index contributed by atoms with van der Waals surface area (Å²) in [5.74, 6) is -1.27. The van der Waals surface area contributed by atoms with Gasteiger partial charge in [-0.2, -0.15) is 0 Å². The molecular weight excluding hydrogens is 535 g/mol. The maximum atomic E-state index is 13.5. The average Bonchev–Trinajstić information content (AvgIpc) is 2.94. The zero-order chi connectivity index (χ0) is 29.4. The second kappa shape index (κ2) is 11.4. The average molecular weight is 569 g/mol. The Morgan fingerprint density at radius 3 is 2.24 bits per heavy atom. The lowest BCUT2D eigenvalue weighted by Gasteiger charge is -2.36. The number of benzene rings is 4. The minimum absolute atomic E-state index is 0.0614. The molecule has 0 atom stereocenters. The van der Waals surface area contributed by atoms with E-state index in [9.17, 15) is 19.1 Å². The van der Waals surface area contributed by atoms with E-state index in [4.69, 9.17) is 0 Å². The topological polar surface area (TPSA) is 60.9 Å². The summed E-state index contributed by atoms with van der Waals surface area (Å²) in [7, 11) is 0. The van der Waals surface area contributed by atoms with Gasteiger partial charge in [0.25, 0.3) is 0 Å². The van der Waals surface area contributed by atoms with Crippen LogP contribution in [-0.4, -0.2) is 23.2 Å². The molecule has 0 aromatic heterocycles. The van der Waals surface area contributed by atoms with Crippen molar-refractivity contribution in [3.8, 4) is 22.3 Å². The van der Waals surface area contributed by atoms with Gasteiger partial charge >= 0.3 is 5.97 Å². The van der Waals surface area contributed by atoms with Crippen molar-refractivity contribution in [1.82, 2.24) is 0 Å². The maximum absolute atomic E-state index is 13.5. The number of carbonyl (C=O) groups is 2. The van der Waals surface area contributed by atoms with Crippen LogP contribution < -0.4 is 9.21 Å². The standard InChI is InChI=1S/C34H33FN2O3S/c1-20-6-10-25(11-7-20)32-22(3)33-29-15-14-28(36(23(4)38)18-24-8-12-27(35)13-9-24)16-26(29)19-37(41-5)34(33)21(2)30(32)17-31(39)40/h6-16H,17-19H2,1-5H3,(H,39,40). The Morgan fingerprint density at radius 2 is 1.63 bits per heavy atom. The van der Waals surface area contributed by atoms with Crippen molar-refractivity contribution in [1.29, 1.82) is 0 Å². The van der Waals surface area contributed by atoms with Gasteiger partial charge in [-0.25, -0.2) is 4.39 Å². The molecule has 4 aromatic rings. The Hall–Kier alpha value is -4.10. The molecule has 7 heteroatoms. The molecule has 5 rings (SSSR count). The second-order valence-corrected chi connectivity index (χ2v) is 11.4. The number of hydrogen-bond acceptors (Lipinski definition) is 4. The molecule has 0 unspecified atom stereocenters. The number of rotatable bonds is 7. The quantitative estimate of drug-likeness (QED) is 0.230. The summed E-state index contributed by atoms with van der Waals surface area (Å²) >= 11 is 1.60. The van der Waals surface area contributed by atoms with Crippen LogP contribution in [0.25, 0.3) is 22.3 Å². The summed E-state index contributed by atoms with van der Waals surface area (Å²) in [6.07, 6.45) is 1.96. The molecule has 0 aliphatic carbocycles. The Morgan fingerprint density at radius 1 is 0.951 bits per heavy atom. The number of hydrogen-bond donors (Lipinski definition) is 1. The maximum Gasteiger partial charge on any atom is 0.307 e. The monoisotopic (exact) mass is 568 g/mol. The van der Waals surface area contributed by atoms with Gasteiger partial charge in [-0.1, -0.05) is 60.0 Å². The van der Waals surface area contributed by atoms with E-state index in [0.717, 1.165) is 67.0 Å². The SMILES string of the molecule is CSN1Cc2cc(N(Cc3ccc(F)cc3)C(C)=O)ccc2-c2c(C)c(-c3ccc(C)cc3)c(CC(=O)O)c(C)c21. The second-order valence-electron chi connectivity index (χ2n) is 10.6. The van der Waals surface area contributed by atoms with Gasteiger partial charge in [0.15, 0.2) is 0 Å². The first-order valence-electron chi connectivity index (χ1n) is 13.5. The molecule has 0 radical (unpaired) electrons. The molecule has 0 spiro atoms. The van der Waals surface area contributed by atoms with E-state index in [2.05, 4.69) is 47.6 Å². The van der Waals surface area contributed by atoms with Crippen molar-refractivity contribution in [3.05, 3.63) is 106 Å². The van der Waals surface area contributed by atoms with Gasteiger partial charge in [0.05, 0.1) is 25.2 Å². The molecule has 0 saturated heterocycles. The number of aliphatic carboxylic acids is 1. The van der Waals surface area contributed by atoms with Crippen molar-refractivity contribution in [2.45, 2.75) is 47.2 Å². The third-order valence-corrected chi connectivity index (χ3v) is 8.60. The van der Waals surface area contributed by atoms with E-state index in [0.29, 0.717) is 13.1 Å². The summed E-state index contributed by atoms with van der Waals surface area (Å²) in [4.78, 5) is 26.5. The number of fused-ring (bicyclic) bond motifs is 3. The molecule has 1 heterocycles. The van der Waals surface area contributed by atoms with Crippen LogP contribution in [0.1, 0.15) is 40.3 Å². The molecule has 0 bridgehead atoms. The number of carboxylic acid groups (broad SMARTS) is 1. The Labute approximate surface area is 244 Å². The van der Waals surface area contributed by atoms with Crippen LogP contribution >= 0.6 is 11.9 Å². The van der Waals surface area contributed by atoms with Gasteiger partial charge in [0.2, 0.25) is 5.91 Å². The highest BCUT2D eigenvalue weighted by Gasteiger charge is 2.31. The van der Waals surface area contributed by atoms with Crippen molar-refractivity contribution in [2.75, 3.05) is 15.5 Å². The number of aryl methyl sites for hydroxylation is 1. The van der Waals surface area contributed by atoms with Crippen LogP contribution in [-0.2, 0) is 29.1 Å². The highest BCUT2D eigenvalue weighted by Crippen LogP contribution is 2.50. The molecular formula is C34H33FN2O3S. The summed E-state index contributed by atoms with van der Waals surface area (Å²) < 4.78 is 15.7. The summed E-state index contributed by atoms with van der Waals surface area (Å²) in [5.41, 5.74) is 11.8. The fraction of sp³-hybridized carbons (Fsp3) is 0.235. The van der Waals surface area contributed by atoms with E-state index >= 15 is 0 Å². The van der Waals surface area contributed by atoms with Gasteiger partial charge < -0.3 is 14.3 Å². The summed E-state index contributed by atoms with van der Waals surface area (Å²) in [5, 5.41) is 9.86. The van der Waals surface area contributed by atoms with E-state index in [-0.39, 0.29) is 18.1 Å². The van der Waals surface area contributed by atoms with Crippen LogP contribution in [0.3, 0.4) is 0 Å². The van der Waals surface area contributed by atoms with Crippen LogP contribution in [0.2, 0.25) is 0 Å². The highest BCUT2D eigenvalue weighted by atomic mass is 32.2. The predicted octanol–water partition coefficient (Wildman–Crippen LogP) is 7.86. The fourth-order valence-electron chi connectivity index (χ4n) is 5.84. The van der Waals surface area contributed by atoms with Crippen LogP contribution in [0.5, 0.6) is 0 Å². The first kappa shape index (κ1) is 28.4. The van der Waals surface area contributed by atoms with Crippen LogP contribution in [0.15, 0.2) is 66.7 Å². The number of nitrogens with zero attached hydrogens (tertiary/aromatic N) is 2. The molecule has 0 fully saturated rings. The Kier molecular flexibility index (Phi) is 7.91. The molecule has 5 nitrogen and oxygen atoms in total. The minimum Gasteiger partial charge on any atom is -0.481 e. The third-order valence-electron chi connectivity index (χ3n) is 7.85. The highest BCUT2D eigenvalue weighted by molar-refractivity contribution is 7.99. The molecule has 1 amide bonds. The minimum atomic E-state index is -0.858. The summed E-state index contributed by atoms with van der Waals surface area (Å²) in [6, 6.07) is 20.6. The summed E-state index contributed by atoms with van der Waals surface area (Å²) in [6.45, 7) is 8.63. The lowest BCUT2D eigenvalue weighted by molar-refractivity contribution is -0.136. The van der Waals surface area contributed by atoms with Gasteiger partial charge in [0.1, 0.15) is 5.82 Å². The Bertz CT molecular complexity index is 1650. The zero-order valence-corrected chi connectivity index (χ0v) is 24.7. The fourth-order valence-corrected chi connectivity index (χ4v) is 6.52. The van der Waals surface area contributed by atoms with Crippen molar-refractivity contribution >= 4 is 35.2 Å². The molecule has 4 aromatic carbocycles. The normalized spacial score (nSPS) is 12.1. The van der Waals surface area contributed by atoms with Crippen molar-refractivity contribution in [2.24, 2.45) is 0 Å². The Balaban J connectivity index is 1.69. The van der Waals surface area contributed by atoms with E-state index < -0.39 is 5.97 Å². The van der Waals surface area contributed by atoms with Crippen molar-refractivity contribution < 1.29 is 19.1 Å². The van der Waals surface area contributed by atoms with Crippen molar-refractivity contribution in [3.63, 3.8) is 0 Å². The van der Waals surface area contributed by atoms with Crippen LogP contribution in [0.4, 0.5) is 15.8 Å². The number of carbonyl (C=O) groups excluding carboxylic acids is 1. The molecule has 0 saturated carbocycles. The number of halogens is 1. The zero-order valence-electron chi connectivity index (χ0n) is 23.9. The lowest BCUT2D eigenvalue weighted by Crippen LogP contribution is -2.28. The van der Waals surface area contributed by atoms with Gasteiger partial charge in [-0.15, -0.1) is 0 Å². The molecule has 41 heavy (non-hydrogen) atoms. The lowest BCUT2D eigenvalue weighted by atomic mass is 9.81. The largest absolute Gasteiger partial charge is 0.481 e. The molecule has 1 aliphatic rings. The van der Waals surface area contributed by atoms with E-state index in [1.54, 1.807) is 29.0 Å². The van der Waals surface area contributed by atoms with E-state index in [1.807, 2.05) is 26.2 Å². The molecule has 210 valence electrons. The number of amides is 1. The smallest absolute Gasteiger partial charge is 0.307 e. The number of anilines is 2. The molecule has 1 N–H and O–H groups in total. The van der Waals surface area contributed by atoms with Gasteiger partial charge in [-0.05, 0) is 89.5 Å². The third kappa shape index (κ3) is 5.46.